The summed E-state index contributed by atoms with van der Waals surface area (Å²) in [6, 6.07) is 1.61. The number of phosphoric ester groups is 1. The number of nitrogens with zero attached hydrogens (tertiary/aromatic N) is 2. The van der Waals surface area contributed by atoms with Crippen molar-refractivity contribution in [2.45, 2.75) is 62.6 Å². The van der Waals surface area contributed by atoms with Crippen LogP contribution in [0.1, 0.15) is 31.9 Å². The lowest BCUT2D eigenvalue weighted by atomic mass is 10.1. The van der Waals surface area contributed by atoms with Gasteiger partial charge in [-0.3, -0.25) is 9.09 Å². The quantitative estimate of drug-likeness (QED) is 0.0896. The minimum absolute atomic E-state index is 0.175. The Morgan fingerprint density at radius 2 is 1.78 bits per heavy atom. The molecule has 0 aromatic carbocycles. The fourth-order valence-electron chi connectivity index (χ4n) is 3.47. The van der Waals surface area contributed by atoms with Crippen molar-refractivity contribution in [3.63, 3.8) is 0 Å². The van der Waals surface area contributed by atoms with E-state index in [1.807, 2.05) is 0 Å². The van der Waals surface area contributed by atoms with Gasteiger partial charge in [0, 0.05) is 12.2 Å². The summed E-state index contributed by atoms with van der Waals surface area (Å²) in [5, 5.41) is 23.6. The number of nitrogens with one attached hydrogen (secondary N) is 1. The van der Waals surface area contributed by atoms with E-state index < -0.39 is 52.2 Å². The molecule has 1 aromatic rings. The molecule has 0 radical (unpaired) electrons. The standard InChI is InChI=1S/C14H23N3O13P2/c18-9-10(19)12(17-6-5-8(16-14(17)20)15-7-3-1-2-4-7)27-11(9)13(29-31(21,22)23)28-30-32(24,25)26/h5-7,9-13,18-19H,1-4H2,(H,15,16,20)(H2,21,22,23)(H2,24,25,26)/t9-,10+,11-,12+,13?/m0/s1. The summed E-state index contributed by atoms with van der Waals surface area (Å²) in [5.41, 5.74) is -0.871. The Kier molecular flexibility index (Phi) is 7.87. The number of rotatable bonds is 9. The molecule has 1 aliphatic heterocycles. The molecule has 1 saturated carbocycles. The van der Waals surface area contributed by atoms with Gasteiger partial charge in [-0.15, -0.1) is 4.67 Å². The molecular formula is C14H23N3O13P2. The van der Waals surface area contributed by atoms with E-state index in [1.165, 1.54) is 12.3 Å². The van der Waals surface area contributed by atoms with Crippen LogP contribution in [-0.2, 0) is 28.0 Å². The van der Waals surface area contributed by atoms with Gasteiger partial charge in [0.05, 0.1) is 0 Å². The fraction of sp³-hybridized carbons (Fsp3) is 0.714. The molecule has 32 heavy (non-hydrogen) atoms. The average molecular weight is 503 g/mol. The van der Waals surface area contributed by atoms with Crippen LogP contribution in [0, 0.1) is 0 Å². The molecule has 1 saturated heterocycles. The molecule has 18 heteroatoms. The van der Waals surface area contributed by atoms with Crippen LogP contribution in [-0.4, -0.2) is 70.0 Å². The van der Waals surface area contributed by atoms with Crippen LogP contribution in [0.25, 0.3) is 0 Å². The van der Waals surface area contributed by atoms with Crippen LogP contribution < -0.4 is 11.0 Å². The minimum atomic E-state index is -5.35. The van der Waals surface area contributed by atoms with E-state index in [9.17, 15) is 24.1 Å². The second kappa shape index (κ2) is 9.93. The Balaban J connectivity index is 1.78. The van der Waals surface area contributed by atoms with E-state index in [2.05, 4.69) is 24.4 Å². The molecule has 2 heterocycles. The van der Waals surface area contributed by atoms with Crippen LogP contribution in [0.5, 0.6) is 0 Å². The van der Waals surface area contributed by atoms with E-state index in [0.717, 1.165) is 30.3 Å². The average Bonchev–Trinajstić information content (AvgIpc) is 3.27. The lowest BCUT2D eigenvalue weighted by Gasteiger charge is -2.24. The highest BCUT2D eigenvalue weighted by Gasteiger charge is 2.51. The van der Waals surface area contributed by atoms with Gasteiger partial charge in [0.25, 0.3) is 0 Å². The number of ether oxygens (including phenoxy) is 1. The third-order valence-corrected chi connectivity index (χ3v) is 5.59. The topological polar surface area (TPSA) is 239 Å². The summed E-state index contributed by atoms with van der Waals surface area (Å²) in [5.74, 6) is 0.295. The number of anilines is 1. The van der Waals surface area contributed by atoms with E-state index in [-0.39, 0.29) is 6.04 Å². The first-order valence-corrected chi connectivity index (χ1v) is 12.4. The molecule has 0 amide bonds. The number of aliphatic hydroxyl groups is 2. The molecule has 2 fully saturated rings. The number of hydrogen-bond acceptors (Lipinski definition) is 11. The largest absolute Gasteiger partial charge is 0.496 e. The van der Waals surface area contributed by atoms with Gasteiger partial charge in [-0.1, -0.05) is 12.8 Å². The third kappa shape index (κ3) is 6.63. The van der Waals surface area contributed by atoms with E-state index in [0.29, 0.717) is 5.82 Å². The molecule has 0 bridgehead atoms. The van der Waals surface area contributed by atoms with Crippen molar-refractivity contribution < 1.29 is 57.7 Å². The molecule has 182 valence electrons. The molecule has 2 aliphatic rings. The first-order chi connectivity index (χ1) is 14.8. The smallest absolute Gasteiger partial charge is 0.387 e. The molecule has 5 atom stereocenters. The molecule has 16 nitrogen and oxygen atoms in total. The van der Waals surface area contributed by atoms with Crippen LogP contribution in [0.4, 0.5) is 5.82 Å². The van der Waals surface area contributed by atoms with Gasteiger partial charge in [-0.05, 0) is 18.9 Å². The van der Waals surface area contributed by atoms with Crippen LogP contribution in [0.2, 0.25) is 0 Å². The van der Waals surface area contributed by atoms with Gasteiger partial charge in [-0.2, -0.15) is 9.87 Å². The van der Waals surface area contributed by atoms with Crippen molar-refractivity contribution in [3.05, 3.63) is 22.7 Å². The van der Waals surface area contributed by atoms with E-state index in [1.54, 1.807) is 0 Å². The maximum atomic E-state index is 12.4. The van der Waals surface area contributed by atoms with E-state index in [4.69, 9.17) is 24.3 Å². The normalized spacial score (nSPS) is 28.2. The van der Waals surface area contributed by atoms with Crippen molar-refractivity contribution >= 4 is 21.5 Å². The van der Waals surface area contributed by atoms with Gasteiger partial charge >= 0.3 is 21.3 Å². The summed E-state index contributed by atoms with van der Waals surface area (Å²) < 4.78 is 36.0. The predicted molar refractivity (Wildman–Crippen MR) is 101 cm³/mol. The minimum Gasteiger partial charge on any atom is -0.387 e. The van der Waals surface area contributed by atoms with E-state index >= 15 is 0 Å². The molecule has 7 N–H and O–H groups in total. The predicted octanol–water partition coefficient (Wildman–Crippen LogP) is -1.31. The lowest BCUT2D eigenvalue weighted by Crippen LogP contribution is -2.41. The number of aromatic nitrogens is 2. The second-order valence-electron chi connectivity index (χ2n) is 7.23. The van der Waals surface area contributed by atoms with Crippen LogP contribution in [0.3, 0.4) is 0 Å². The van der Waals surface area contributed by atoms with Gasteiger partial charge in [-0.25, -0.2) is 13.9 Å². The van der Waals surface area contributed by atoms with Gasteiger partial charge in [0.2, 0.25) is 6.29 Å². The number of aliphatic hydroxyl groups excluding tert-OH is 2. The number of hydrogen-bond donors (Lipinski definition) is 7. The Labute approximate surface area is 180 Å². The summed E-state index contributed by atoms with van der Waals surface area (Å²) in [7, 11) is -10.6. The summed E-state index contributed by atoms with van der Waals surface area (Å²) in [6.45, 7) is 0. The Morgan fingerprint density at radius 3 is 2.34 bits per heavy atom. The summed E-state index contributed by atoms with van der Waals surface area (Å²) in [6.07, 6.45) is -4.54. The monoisotopic (exact) mass is 503 g/mol. The zero-order chi connectivity index (χ0) is 23.7. The van der Waals surface area contributed by atoms with Crippen molar-refractivity contribution in [2.24, 2.45) is 0 Å². The first kappa shape index (κ1) is 25.4. The molecule has 3 rings (SSSR count). The zero-order valence-electron chi connectivity index (χ0n) is 16.3. The fourth-order valence-corrected chi connectivity index (χ4v) is 4.10. The highest BCUT2D eigenvalue weighted by molar-refractivity contribution is 7.46. The van der Waals surface area contributed by atoms with Crippen molar-refractivity contribution in [1.82, 2.24) is 9.55 Å². The van der Waals surface area contributed by atoms with Crippen LogP contribution >= 0.6 is 15.6 Å². The SMILES string of the molecule is O=c1nc(NC2CCCC2)ccn1[C@@H]1O[C@H](C(OOP(=O)(O)O)OP(=O)(O)O)[C@@H](O)[C@H]1O. The maximum Gasteiger partial charge on any atom is 0.496 e. The Morgan fingerprint density at radius 1 is 1.12 bits per heavy atom. The highest BCUT2D eigenvalue weighted by atomic mass is 31.2. The lowest BCUT2D eigenvalue weighted by molar-refractivity contribution is -0.338. The number of phosphoric acid groups is 2. The molecule has 0 spiro atoms. The highest BCUT2D eigenvalue weighted by Crippen LogP contribution is 2.44. The van der Waals surface area contributed by atoms with Gasteiger partial charge in [0.1, 0.15) is 24.1 Å². The van der Waals surface area contributed by atoms with Crippen LogP contribution in [0.15, 0.2) is 17.1 Å². The van der Waals surface area contributed by atoms with Gasteiger partial charge in [0.15, 0.2) is 6.23 Å². The maximum absolute atomic E-state index is 12.4. The second-order valence-corrected chi connectivity index (χ2v) is 9.55. The Hall–Kier alpha value is -1.26. The molecule has 1 unspecified atom stereocenters. The molecule has 1 aromatic heterocycles. The summed E-state index contributed by atoms with van der Waals surface area (Å²) >= 11 is 0. The molecular weight excluding hydrogens is 480 g/mol. The first-order valence-electron chi connectivity index (χ1n) is 9.36. The molecule has 1 aliphatic carbocycles. The van der Waals surface area contributed by atoms with Crippen molar-refractivity contribution in [2.75, 3.05) is 5.32 Å². The summed E-state index contributed by atoms with van der Waals surface area (Å²) in [4.78, 5) is 55.9. The van der Waals surface area contributed by atoms with Gasteiger partial charge < -0.3 is 39.8 Å². The third-order valence-electron chi connectivity index (χ3n) is 4.83. The Bertz CT molecular complexity index is 942. The zero-order valence-corrected chi connectivity index (χ0v) is 18.1. The van der Waals surface area contributed by atoms with Crippen molar-refractivity contribution in [3.8, 4) is 0 Å². The van der Waals surface area contributed by atoms with Crippen molar-refractivity contribution in [1.29, 1.82) is 0 Å².